The van der Waals surface area contributed by atoms with E-state index < -0.39 is 0 Å². The maximum Gasteiger partial charge on any atom is 0.231 e. The number of anilines is 2. The number of aromatic nitrogens is 5. The van der Waals surface area contributed by atoms with Gasteiger partial charge in [0, 0.05) is 25.3 Å². The van der Waals surface area contributed by atoms with Crippen LogP contribution in [0.5, 0.6) is 0 Å². The monoisotopic (exact) mass is 391 g/mol. The minimum Gasteiger partial charge on any atom is -0.354 e. The van der Waals surface area contributed by atoms with Gasteiger partial charge in [-0.05, 0) is 56.5 Å². The summed E-state index contributed by atoms with van der Waals surface area (Å²) in [6.07, 6.45) is 4.89. The first kappa shape index (κ1) is 19.0. The van der Waals surface area contributed by atoms with Gasteiger partial charge in [-0.3, -0.25) is 4.79 Å². The summed E-state index contributed by atoms with van der Waals surface area (Å²) in [5.41, 5.74) is 2.12. The van der Waals surface area contributed by atoms with Crippen molar-refractivity contribution in [3.63, 3.8) is 0 Å². The molecule has 0 aliphatic carbocycles. The van der Waals surface area contributed by atoms with Gasteiger partial charge in [-0.15, -0.1) is 10.2 Å². The largest absolute Gasteiger partial charge is 0.354 e. The van der Waals surface area contributed by atoms with E-state index >= 15 is 0 Å². The van der Waals surface area contributed by atoms with Gasteiger partial charge in [0.15, 0.2) is 11.6 Å². The summed E-state index contributed by atoms with van der Waals surface area (Å²) in [5.74, 6) is 1.52. The topological polar surface area (TPSA) is 80.0 Å². The van der Waals surface area contributed by atoms with Gasteiger partial charge < -0.3 is 9.80 Å². The number of nitrogens with zero attached hydrogens (tertiary/aromatic N) is 7. The van der Waals surface area contributed by atoms with Gasteiger partial charge >= 0.3 is 0 Å². The molecule has 3 heterocycles. The predicted molar refractivity (Wildman–Crippen MR) is 111 cm³/mol. The van der Waals surface area contributed by atoms with E-state index in [1.165, 1.54) is 6.33 Å². The summed E-state index contributed by atoms with van der Waals surface area (Å²) < 4.78 is 1.57. The van der Waals surface area contributed by atoms with Crippen LogP contribution in [0.15, 0.2) is 49.1 Å². The van der Waals surface area contributed by atoms with E-state index in [1.54, 1.807) is 11.0 Å². The minimum absolute atomic E-state index is 0.0546. The number of hydrogen-bond donors (Lipinski definition) is 0. The molecule has 1 fully saturated rings. The highest BCUT2D eigenvalue weighted by Gasteiger charge is 2.30. The van der Waals surface area contributed by atoms with Crippen molar-refractivity contribution in [1.82, 2.24) is 25.0 Å². The van der Waals surface area contributed by atoms with Crippen molar-refractivity contribution in [2.75, 3.05) is 29.4 Å². The second kappa shape index (κ2) is 8.38. The van der Waals surface area contributed by atoms with Crippen LogP contribution in [-0.4, -0.2) is 50.5 Å². The first-order chi connectivity index (χ1) is 14.2. The van der Waals surface area contributed by atoms with E-state index in [0.717, 1.165) is 36.5 Å². The lowest BCUT2D eigenvalue weighted by molar-refractivity contribution is -0.122. The maximum atomic E-state index is 13.3. The first-order valence-corrected chi connectivity index (χ1v) is 9.97. The normalized spacial score (nSPS) is 16.6. The van der Waals surface area contributed by atoms with Gasteiger partial charge in [0.25, 0.3) is 0 Å². The molecule has 8 nitrogen and oxygen atoms in total. The van der Waals surface area contributed by atoms with Gasteiger partial charge in [0.1, 0.15) is 12.7 Å². The quantitative estimate of drug-likeness (QED) is 0.665. The van der Waals surface area contributed by atoms with Gasteiger partial charge in [-0.25, -0.2) is 9.67 Å². The molecule has 3 aromatic rings. The predicted octanol–water partition coefficient (Wildman–Crippen LogP) is 2.64. The minimum atomic E-state index is -0.0546. The van der Waals surface area contributed by atoms with Crippen molar-refractivity contribution in [2.24, 2.45) is 5.92 Å². The van der Waals surface area contributed by atoms with Gasteiger partial charge in [0.05, 0.1) is 5.92 Å². The molecule has 2 aromatic heterocycles. The number of hydrogen-bond acceptors (Lipinski definition) is 6. The fourth-order valence-corrected chi connectivity index (χ4v) is 3.80. The molecule has 8 heteroatoms. The third-order valence-corrected chi connectivity index (χ3v) is 5.28. The summed E-state index contributed by atoms with van der Waals surface area (Å²) in [5, 5.41) is 12.7. The van der Waals surface area contributed by atoms with Crippen LogP contribution in [0.2, 0.25) is 0 Å². The molecule has 1 saturated heterocycles. The van der Waals surface area contributed by atoms with Gasteiger partial charge in [-0.1, -0.05) is 12.1 Å². The Morgan fingerprint density at radius 1 is 1.21 bits per heavy atom. The number of carbonyl (C=O) groups is 1. The summed E-state index contributed by atoms with van der Waals surface area (Å²) in [6, 6.07) is 11.9. The van der Waals surface area contributed by atoms with Crippen molar-refractivity contribution in [1.29, 1.82) is 0 Å². The molecule has 4 rings (SSSR count). The van der Waals surface area contributed by atoms with Crippen LogP contribution >= 0.6 is 0 Å². The highest BCUT2D eigenvalue weighted by atomic mass is 16.2. The number of aryl methyl sites for hydroxylation is 1. The molecule has 0 N–H and O–H groups in total. The highest BCUT2D eigenvalue weighted by Crippen LogP contribution is 2.26. The van der Waals surface area contributed by atoms with Crippen LogP contribution in [-0.2, 0) is 4.79 Å². The molecular weight excluding hydrogens is 366 g/mol. The number of carbonyl (C=O) groups excluding carboxylic acids is 1. The molecule has 1 atom stereocenters. The number of benzene rings is 1. The number of rotatable bonds is 5. The van der Waals surface area contributed by atoms with Crippen LogP contribution in [0.3, 0.4) is 0 Å². The smallest absolute Gasteiger partial charge is 0.231 e. The number of piperidine rings is 1. The SMILES string of the molecule is CCN(C(=O)[C@H]1CCCN(c2ccc(-n3cncn3)nn2)C1)c1cccc(C)c1. The van der Waals surface area contributed by atoms with Crippen LogP contribution < -0.4 is 9.80 Å². The molecule has 1 amide bonds. The zero-order chi connectivity index (χ0) is 20.2. The Bertz CT molecular complexity index is 955. The van der Waals surface area contributed by atoms with Crippen molar-refractivity contribution in [3.05, 3.63) is 54.6 Å². The zero-order valence-corrected chi connectivity index (χ0v) is 16.8. The molecule has 0 bridgehead atoms. The molecule has 1 aliphatic rings. The molecule has 0 saturated carbocycles. The molecule has 0 radical (unpaired) electrons. The lowest BCUT2D eigenvalue weighted by Crippen LogP contribution is -2.45. The van der Waals surface area contributed by atoms with E-state index in [2.05, 4.69) is 31.2 Å². The second-order valence-electron chi connectivity index (χ2n) is 7.30. The lowest BCUT2D eigenvalue weighted by Gasteiger charge is -2.35. The summed E-state index contributed by atoms with van der Waals surface area (Å²) in [6.45, 7) is 6.25. The molecular formula is C21H25N7O. The summed E-state index contributed by atoms with van der Waals surface area (Å²) in [7, 11) is 0. The van der Waals surface area contributed by atoms with E-state index in [4.69, 9.17) is 0 Å². The Labute approximate surface area is 170 Å². The van der Waals surface area contributed by atoms with Gasteiger partial charge in [-0.2, -0.15) is 5.10 Å². The third kappa shape index (κ3) is 4.11. The van der Waals surface area contributed by atoms with E-state index in [-0.39, 0.29) is 11.8 Å². The van der Waals surface area contributed by atoms with Crippen LogP contribution in [0.1, 0.15) is 25.3 Å². The Balaban J connectivity index is 1.48. The molecule has 1 aromatic carbocycles. The van der Waals surface area contributed by atoms with Gasteiger partial charge in [0.2, 0.25) is 5.91 Å². The van der Waals surface area contributed by atoms with Crippen molar-refractivity contribution < 1.29 is 4.79 Å². The van der Waals surface area contributed by atoms with E-state index in [9.17, 15) is 4.79 Å². The standard InChI is InChI=1S/C21H25N7O/c1-3-27(18-8-4-6-16(2)12-18)21(29)17-7-5-11-26(13-17)19-9-10-20(25-24-19)28-15-22-14-23-28/h4,6,8-10,12,14-15,17H,3,5,7,11,13H2,1-2H3/t17-/m0/s1. The second-order valence-corrected chi connectivity index (χ2v) is 7.30. The Kier molecular flexibility index (Phi) is 5.50. The Morgan fingerprint density at radius 3 is 2.72 bits per heavy atom. The summed E-state index contributed by atoms with van der Waals surface area (Å²) in [4.78, 5) is 21.2. The molecule has 0 unspecified atom stereocenters. The number of amides is 1. The Hall–Kier alpha value is -3.29. The molecule has 150 valence electrons. The highest BCUT2D eigenvalue weighted by molar-refractivity contribution is 5.95. The average molecular weight is 391 g/mol. The fraction of sp³-hybridized carbons (Fsp3) is 0.381. The maximum absolute atomic E-state index is 13.3. The molecule has 1 aliphatic heterocycles. The van der Waals surface area contributed by atoms with Crippen LogP contribution in [0.25, 0.3) is 5.82 Å². The van der Waals surface area contributed by atoms with E-state index in [0.29, 0.717) is 18.9 Å². The van der Waals surface area contributed by atoms with Crippen molar-refractivity contribution in [2.45, 2.75) is 26.7 Å². The molecule has 0 spiro atoms. The molecule has 29 heavy (non-hydrogen) atoms. The van der Waals surface area contributed by atoms with Crippen LogP contribution in [0.4, 0.5) is 11.5 Å². The van der Waals surface area contributed by atoms with Crippen molar-refractivity contribution >= 4 is 17.4 Å². The van der Waals surface area contributed by atoms with E-state index in [1.807, 2.05) is 49.1 Å². The average Bonchev–Trinajstić information content (AvgIpc) is 3.29. The Morgan fingerprint density at radius 2 is 2.03 bits per heavy atom. The first-order valence-electron chi connectivity index (χ1n) is 9.97. The summed E-state index contributed by atoms with van der Waals surface area (Å²) >= 11 is 0. The third-order valence-electron chi connectivity index (χ3n) is 5.28. The van der Waals surface area contributed by atoms with Crippen molar-refractivity contribution in [3.8, 4) is 5.82 Å². The van der Waals surface area contributed by atoms with Crippen LogP contribution in [0, 0.1) is 12.8 Å². The fourth-order valence-electron chi connectivity index (χ4n) is 3.80. The lowest BCUT2D eigenvalue weighted by atomic mass is 9.96. The zero-order valence-electron chi connectivity index (χ0n) is 16.8.